The van der Waals surface area contributed by atoms with Crippen LogP contribution in [0.1, 0.15) is 5.56 Å². The fourth-order valence-electron chi connectivity index (χ4n) is 2.13. The quantitative estimate of drug-likeness (QED) is 0.616. The number of aryl methyl sites for hydroxylation is 1. The van der Waals surface area contributed by atoms with Gasteiger partial charge in [0.2, 0.25) is 5.91 Å². The molecule has 3 aromatic rings. The summed E-state index contributed by atoms with van der Waals surface area (Å²) < 4.78 is 14.9. The van der Waals surface area contributed by atoms with Crippen LogP contribution in [0.15, 0.2) is 47.9 Å². The number of nitrogens with zero attached hydrogens (tertiary/aromatic N) is 3. The summed E-state index contributed by atoms with van der Waals surface area (Å²) in [5.41, 5.74) is 2.20. The Bertz CT molecular complexity index is 964. The van der Waals surface area contributed by atoms with Gasteiger partial charge in [-0.2, -0.15) is 0 Å². The first-order valence-corrected chi connectivity index (χ1v) is 9.22. The Hall–Kier alpha value is -2.09. The van der Waals surface area contributed by atoms with Gasteiger partial charge in [0.25, 0.3) is 0 Å². The van der Waals surface area contributed by atoms with Crippen molar-refractivity contribution in [1.29, 1.82) is 0 Å². The number of amides is 1. The van der Waals surface area contributed by atoms with Gasteiger partial charge in [0.15, 0.2) is 5.16 Å². The van der Waals surface area contributed by atoms with Crippen LogP contribution in [-0.2, 0) is 4.79 Å². The normalized spacial score (nSPS) is 10.8. The van der Waals surface area contributed by atoms with Gasteiger partial charge in [0.05, 0.1) is 16.5 Å². The van der Waals surface area contributed by atoms with Gasteiger partial charge >= 0.3 is 0 Å². The van der Waals surface area contributed by atoms with E-state index in [9.17, 15) is 9.18 Å². The van der Waals surface area contributed by atoms with Crippen molar-refractivity contribution in [3.05, 3.63) is 64.2 Å². The number of carbonyl (C=O) groups excluding carboxylic acids is 1. The molecule has 0 unspecified atom stereocenters. The van der Waals surface area contributed by atoms with Gasteiger partial charge in [-0.1, -0.05) is 41.0 Å². The number of anilines is 1. The maximum absolute atomic E-state index is 13.2. The third-order valence-corrected chi connectivity index (χ3v) is 5.13. The van der Waals surface area contributed by atoms with E-state index in [1.54, 1.807) is 10.9 Å². The second-order valence-corrected chi connectivity index (χ2v) is 7.14. The lowest BCUT2D eigenvalue weighted by Crippen LogP contribution is -2.14. The molecule has 1 aromatic heterocycles. The van der Waals surface area contributed by atoms with Crippen molar-refractivity contribution in [2.45, 2.75) is 12.1 Å². The molecule has 0 saturated heterocycles. The minimum atomic E-state index is -0.538. The van der Waals surface area contributed by atoms with Gasteiger partial charge in [-0.05, 0) is 42.8 Å². The predicted molar refractivity (Wildman–Crippen MR) is 102 cm³/mol. The summed E-state index contributed by atoms with van der Waals surface area (Å²) >= 11 is 13.1. The van der Waals surface area contributed by atoms with Gasteiger partial charge in [-0.3, -0.25) is 9.36 Å². The predicted octanol–water partition coefficient (Wildman–Crippen LogP) is 4.75. The molecule has 3 rings (SSSR count). The minimum absolute atomic E-state index is 0.0496. The zero-order chi connectivity index (χ0) is 18.7. The average molecular weight is 411 g/mol. The van der Waals surface area contributed by atoms with Crippen LogP contribution in [0.3, 0.4) is 0 Å². The molecule has 134 valence electrons. The molecule has 1 N–H and O–H groups in total. The number of benzene rings is 2. The van der Waals surface area contributed by atoms with E-state index >= 15 is 0 Å². The molecule has 9 heteroatoms. The number of rotatable bonds is 5. The molecule has 0 fully saturated rings. The molecule has 26 heavy (non-hydrogen) atoms. The highest BCUT2D eigenvalue weighted by molar-refractivity contribution is 7.99. The summed E-state index contributed by atoms with van der Waals surface area (Å²) in [5, 5.41) is 11.7. The third-order valence-electron chi connectivity index (χ3n) is 3.49. The van der Waals surface area contributed by atoms with E-state index in [1.165, 1.54) is 30.0 Å². The monoisotopic (exact) mass is 410 g/mol. The molecule has 2 aromatic carbocycles. The van der Waals surface area contributed by atoms with E-state index in [1.807, 2.05) is 25.1 Å². The topological polar surface area (TPSA) is 59.8 Å². The first kappa shape index (κ1) is 18.7. The van der Waals surface area contributed by atoms with Crippen molar-refractivity contribution in [1.82, 2.24) is 14.8 Å². The summed E-state index contributed by atoms with van der Waals surface area (Å²) in [6.45, 7) is 1.92. The molecule has 0 aliphatic rings. The van der Waals surface area contributed by atoms with Crippen molar-refractivity contribution in [3.63, 3.8) is 0 Å². The Morgan fingerprint density at radius 1 is 1.23 bits per heavy atom. The Morgan fingerprint density at radius 2 is 2.04 bits per heavy atom. The molecule has 1 heterocycles. The molecule has 0 saturated carbocycles. The number of halogens is 3. The van der Waals surface area contributed by atoms with Gasteiger partial charge < -0.3 is 5.32 Å². The smallest absolute Gasteiger partial charge is 0.234 e. The van der Waals surface area contributed by atoms with Crippen LogP contribution in [0, 0.1) is 12.7 Å². The number of carbonyl (C=O) groups is 1. The van der Waals surface area contributed by atoms with Crippen molar-refractivity contribution < 1.29 is 9.18 Å². The van der Waals surface area contributed by atoms with Crippen molar-refractivity contribution in [3.8, 4) is 5.69 Å². The molecular formula is C17H13Cl2FN4OS. The highest BCUT2D eigenvalue weighted by Gasteiger charge is 2.12. The van der Waals surface area contributed by atoms with Crippen LogP contribution in [0.25, 0.3) is 5.69 Å². The number of hydrogen-bond acceptors (Lipinski definition) is 4. The van der Waals surface area contributed by atoms with E-state index in [2.05, 4.69) is 15.5 Å². The van der Waals surface area contributed by atoms with E-state index in [0.717, 1.165) is 11.3 Å². The van der Waals surface area contributed by atoms with Crippen molar-refractivity contribution in [2.75, 3.05) is 11.1 Å². The largest absolute Gasteiger partial charge is 0.325 e. The molecule has 1 amide bonds. The van der Waals surface area contributed by atoms with E-state index in [0.29, 0.717) is 15.9 Å². The van der Waals surface area contributed by atoms with E-state index in [4.69, 9.17) is 23.2 Å². The second-order valence-electron chi connectivity index (χ2n) is 5.38. The Balaban J connectivity index is 1.66. The standard InChI is InChI=1S/C17H13Cl2FN4OS/c1-10-2-4-12(7-13(10)18)24-9-21-23-17(24)26-8-16(25)22-11-3-5-15(20)14(19)6-11/h2-7,9H,8H2,1H3,(H,22,25). The molecule has 0 spiro atoms. The van der Waals surface area contributed by atoms with E-state index in [-0.39, 0.29) is 16.7 Å². The lowest BCUT2D eigenvalue weighted by molar-refractivity contribution is -0.113. The zero-order valence-electron chi connectivity index (χ0n) is 13.5. The van der Waals surface area contributed by atoms with Crippen LogP contribution < -0.4 is 5.32 Å². The highest BCUT2D eigenvalue weighted by atomic mass is 35.5. The summed E-state index contributed by atoms with van der Waals surface area (Å²) in [5.74, 6) is -0.703. The fraction of sp³-hybridized carbons (Fsp3) is 0.118. The molecule has 0 aliphatic heterocycles. The summed E-state index contributed by atoms with van der Waals surface area (Å²) in [7, 11) is 0. The maximum atomic E-state index is 13.2. The van der Waals surface area contributed by atoms with E-state index < -0.39 is 5.82 Å². The van der Waals surface area contributed by atoms with Crippen LogP contribution in [0.4, 0.5) is 10.1 Å². The number of thioether (sulfide) groups is 1. The van der Waals surface area contributed by atoms with Crippen molar-refractivity contribution in [2.24, 2.45) is 0 Å². The summed E-state index contributed by atoms with van der Waals surface area (Å²) in [6, 6.07) is 9.61. The molecule has 0 bridgehead atoms. The summed E-state index contributed by atoms with van der Waals surface area (Å²) in [4.78, 5) is 12.1. The molecule has 5 nitrogen and oxygen atoms in total. The number of hydrogen-bond donors (Lipinski definition) is 1. The lowest BCUT2D eigenvalue weighted by atomic mass is 10.2. The first-order chi connectivity index (χ1) is 12.4. The molecule has 0 aliphatic carbocycles. The highest BCUT2D eigenvalue weighted by Crippen LogP contribution is 2.24. The van der Waals surface area contributed by atoms with Crippen LogP contribution >= 0.6 is 35.0 Å². The Kier molecular flexibility index (Phi) is 5.80. The van der Waals surface area contributed by atoms with Crippen molar-refractivity contribution >= 4 is 46.6 Å². The SMILES string of the molecule is Cc1ccc(-n2cnnc2SCC(=O)Nc2ccc(F)c(Cl)c2)cc1Cl. The number of nitrogens with one attached hydrogen (secondary N) is 1. The Morgan fingerprint density at radius 3 is 2.77 bits per heavy atom. The third kappa shape index (κ3) is 4.35. The maximum Gasteiger partial charge on any atom is 0.234 e. The Labute approximate surface area is 163 Å². The first-order valence-electron chi connectivity index (χ1n) is 7.48. The van der Waals surface area contributed by atoms with Gasteiger partial charge in [0, 0.05) is 10.7 Å². The molecular weight excluding hydrogens is 398 g/mol. The number of aromatic nitrogens is 3. The van der Waals surface area contributed by atoms with Gasteiger partial charge in [0.1, 0.15) is 12.1 Å². The van der Waals surface area contributed by atoms with Crippen LogP contribution in [0.5, 0.6) is 0 Å². The summed E-state index contributed by atoms with van der Waals surface area (Å²) in [6.07, 6.45) is 1.56. The average Bonchev–Trinajstić information content (AvgIpc) is 3.07. The minimum Gasteiger partial charge on any atom is -0.325 e. The molecule has 0 atom stereocenters. The van der Waals surface area contributed by atoms with Gasteiger partial charge in [-0.25, -0.2) is 4.39 Å². The lowest BCUT2D eigenvalue weighted by Gasteiger charge is -2.08. The van der Waals surface area contributed by atoms with Crippen LogP contribution in [0.2, 0.25) is 10.0 Å². The second kappa shape index (κ2) is 8.07. The molecule has 0 radical (unpaired) electrons. The van der Waals surface area contributed by atoms with Crippen LogP contribution in [-0.4, -0.2) is 26.4 Å². The fourth-order valence-corrected chi connectivity index (χ4v) is 3.22. The zero-order valence-corrected chi connectivity index (χ0v) is 15.9. The van der Waals surface area contributed by atoms with Gasteiger partial charge in [-0.15, -0.1) is 10.2 Å².